The highest BCUT2D eigenvalue weighted by molar-refractivity contribution is 8.00. The van der Waals surface area contributed by atoms with E-state index in [4.69, 9.17) is 5.73 Å². The van der Waals surface area contributed by atoms with Crippen molar-refractivity contribution in [1.29, 1.82) is 0 Å². The Bertz CT molecular complexity index is 615. The molecule has 0 rings (SSSR count). The van der Waals surface area contributed by atoms with Gasteiger partial charge in [0.2, 0.25) is 0 Å². The number of carbonyl (C=O) groups excluding carboxylic acids is 2. The van der Waals surface area contributed by atoms with Crippen LogP contribution in [0.2, 0.25) is 0 Å². The largest absolute Gasteiger partial charge is 0.469 e. The highest BCUT2D eigenvalue weighted by atomic mass is 32.2. The molecule has 0 unspecified atom stereocenters. The summed E-state index contributed by atoms with van der Waals surface area (Å²) in [6.07, 6.45) is 22.4. The topological polar surface area (TPSA) is 98.9 Å². The number of ether oxygens (including phenoxy) is 2. The Labute approximate surface area is 198 Å². The fourth-order valence-electron chi connectivity index (χ4n) is 2.71. The summed E-state index contributed by atoms with van der Waals surface area (Å²) < 4.78 is 9.28. The summed E-state index contributed by atoms with van der Waals surface area (Å²) in [6.45, 7) is 2.21. The Morgan fingerprint density at radius 3 is 2.44 bits per heavy atom. The number of rotatable bonds is 18. The Morgan fingerprint density at radius 2 is 1.75 bits per heavy atom. The molecule has 0 bridgehead atoms. The molecule has 0 aromatic heterocycles. The smallest absolute Gasteiger partial charge is 0.323 e. The first-order valence-corrected chi connectivity index (χ1v) is 12.4. The minimum absolute atomic E-state index is 0.258. The summed E-state index contributed by atoms with van der Waals surface area (Å²) in [5.41, 5.74) is 5.81. The zero-order chi connectivity index (χ0) is 24.0. The van der Waals surface area contributed by atoms with Gasteiger partial charge >= 0.3 is 11.9 Å². The van der Waals surface area contributed by atoms with E-state index in [1.54, 1.807) is 0 Å². The average Bonchev–Trinajstić information content (AvgIpc) is 2.80. The van der Waals surface area contributed by atoms with E-state index >= 15 is 0 Å². The van der Waals surface area contributed by atoms with Crippen LogP contribution in [0.3, 0.4) is 0 Å². The lowest BCUT2D eigenvalue weighted by Gasteiger charge is -2.20. The van der Waals surface area contributed by atoms with Crippen molar-refractivity contribution >= 4 is 23.7 Å². The van der Waals surface area contributed by atoms with Crippen LogP contribution in [0.5, 0.6) is 0 Å². The minimum Gasteiger partial charge on any atom is -0.469 e. The normalized spacial score (nSPS) is 15.0. The lowest BCUT2D eigenvalue weighted by molar-refractivity contribution is -0.142. The van der Waals surface area contributed by atoms with Crippen molar-refractivity contribution in [3.8, 4) is 0 Å². The monoisotopic (exact) mass is 467 g/mol. The van der Waals surface area contributed by atoms with Gasteiger partial charge in [0.1, 0.15) is 6.04 Å². The van der Waals surface area contributed by atoms with E-state index in [9.17, 15) is 14.7 Å². The second-order valence-corrected chi connectivity index (χ2v) is 8.58. The fraction of sp³-hybridized carbons (Fsp3) is 0.600. The summed E-state index contributed by atoms with van der Waals surface area (Å²) in [5, 5.41) is 10.3. The van der Waals surface area contributed by atoms with Gasteiger partial charge in [0.05, 0.1) is 20.3 Å². The van der Waals surface area contributed by atoms with Gasteiger partial charge in [0.25, 0.3) is 0 Å². The first-order chi connectivity index (χ1) is 15.5. The molecular formula is C25H41NO5S. The minimum atomic E-state index is -0.753. The number of allylic oxidation sites excluding steroid dienone is 7. The van der Waals surface area contributed by atoms with E-state index in [-0.39, 0.29) is 17.6 Å². The third-order valence-electron chi connectivity index (χ3n) is 4.64. The number of carbonyl (C=O) groups is 2. The van der Waals surface area contributed by atoms with Crippen LogP contribution in [0, 0.1) is 0 Å². The number of aliphatic hydroxyl groups excluding tert-OH is 1. The zero-order valence-corrected chi connectivity index (χ0v) is 20.6. The molecule has 0 aromatic carbocycles. The number of thioether (sulfide) groups is 1. The van der Waals surface area contributed by atoms with Crippen molar-refractivity contribution in [1.82, 2.24) is 0 Å². The van der Waals surface area contributed by atoms with Crippen molar-refractivity contribution in [3.63, 3.8) is 0 Å². The Morgan fingerprint density at radius 1 is 1.00 bits per heavy atom. The Kier molecular flexibility index (Phi) is 19.8. The van der Waals surface area contributed by atoms with Crippen LogP contribution >= 0.6 is 11.8 Å². The van der Waals surface area contributed by atoms with Gasteiger partial charge in [0, 0.05) is 17.4 Å². The van der Waals surface area contributed by atoms with Crippen LogP contribution < -0.4 is 5.73 Å². The van der Waals surface area contributed by atoms with Gasteiger partial charge in [-0.15, -0.1) is 11.8 Å². The fourth-order valence-corrected chi connectivity index (χ4v) is 3.84. The summed E-state index contributed by atoms with van der Waals surface area (Å²) in [6, 6.07) is -0.753. The van der Waals surface area contributed by atoms with E-state index in [1.165, 1.54) is 45.2 Å². The van der Waals surface area contributed by atoms with E-state index in [0.29, 0.717) is 18.6 Å². The average molecular weight is 468 g/mol. The lowest BCUT2D eigenvalue weighted by atomic mass is 10.1. The molecule has 3 atom stereocenters. The lowest BCUT2D eigenvalue weighted by Crippen LogP contribution is -2.35. The molecule has 0 amide bonds. The molecule has 32 heavy (non-hydrogen) atoms. The van der Waals surface area contributed by atoms with E-state index in [0.717, 1.165) is 12.8 Å². The molecule has 0 heterocycles. The van der Waals surface area contributed by atoms with Crippen LogP contribution in [-0.2, 0) is 19.1 Å². The number of methoxy groups -OCH3 is 2. The number of aliphatic hydroxyl groups is 1. The van der Waals surface area contributed by atoms with Gasteiger partial charge in [-0.2, -0.15) is 0 Å². The predicted octanol–water partition coefficient (Wildman–Crippen LogP) is 4.49. The van der Waals surface area contributed by atoms with E-state index in [2.05, 4.69) is 34.6 Å². The van der Waals surface area contributed by atoms with Crippen molar-refractivity contribution in [2.24, 2.45) is 5.73 Å². The summed E-state index contributed by atoms with van der Waals surface area (Å²) in [5.74, 6) is -0.454. The Balaban J connectivity index is 4.62. The van der Waals surface area contributed by atoms with Crippen LogP contribution in [0.25, 0.3) is 0 Å². The van der Waals surface area contributed by atoms with Gasteiger partial charge in [-0.05, 0) is 32.1 Å². The third-order valence-corrected chi connectivity index (χ3v) is 6.05. The molecule has 0 aliphatic heterocycles. The molecule has 0 aliphatic rings. The summed E-state index contributed by atoms with van der Waals surface area (Å²) in [7, 11) is 2.64. The summed E-state index contributed by atoms with van der Waals surface area (Å²) in [4.78, 5) is 22.8. The van der Waals surface area contributed by atoms with Gasteiger partial charge < -0.3 is 20.3 Å². The maximum Gasteiger partial charge on any atom is 0.323 e. The first kappa shape index (κ1) is 30.2. The highest BCUT2D eigenvalue weighted by Gasteiger charge is 2.21. The van der Waals surface area contributed by atoms with Gasteiger partial charge in [-0.25, -0.2) is 0 Å². The second kappa shape index (κ2) is 21.0. The van der Waals surface area contributed by atoms with Crippen LogP contribution in [0.15, 0.2) is 48.6 Å². The number of esters is 2. The molecule has 0 radical (unpaired) electrons. The molecule has 0 spiro atoms. The number of hydrogen-bond acceptors (Lipinski definition) is 7. The van der Waals surface area contributed by atoms with Crippen LogP contribution in [-0.4, -0.2) is 54.4 Å². The van der Waals surface area contributed by atoms with Gasteiger partial charge in [0.15, 0.2) is 0 Å². The SMILES string of the molecule is CCCCC/C=C\C\C=C/C=C/C=C/[C@@H](SC[C@H](N)C(=O)OC)[C@@H](O)CCCC(=O)OC. The van der Waals surface area contributed by atoms with E-state index < -0.39 is 18.1 Å². The molecule has 3 N–H and O–H groups in total. The van der Waals surface area contributed by atoms with Crippen molar-refractivity contribution in [3.05, 3.63) is 48.6 Å². The molecule has 0 saturated heterocycles. The Hall–Kier alpha value is -1.83. The maximum absolute atomic E-state index is 11.5. The molecular weight excluding hydrogens is 426 g/mol. The predicted molar refractivity (Wildman–Crippen MR) is 133 cm³/mol. The molecule has 0 fully saturated rings. The molecule has 182 valence electrons. The van der Waals surface area contributed by atoms with Crippen molar-refractivity contribution in [2.45, 2.75) is 75.7 Å². The highest BCUT2D eigenvalue weighted by Crippen LogP contribution is 2.21. The number of hydrogen-bond donors (Lipinski definition) is 2. The van der Waals surface area contributed by atoms with E-state index in [1.807, 2.05) is 30.4 Å². The van der Waals surface area contributed by atoms with Gasteiger partial charge in [-0.3, -0.25) is 9.59 Å². The molecule has 0 saturated carbocycles. The maximum atomic E-state index is 11.5. The molecule has 6 nitrogen and oxygen atoms in total. The third kappa shape index (κ3) is 16.8. The second-order valence-electron chi connectivity index (χ2n) is 7.36. The molecule has 0 aromatic rings. The first-order valence-electron chi connectivity index (χ1n) is 11.3. The quantitative estimate of drug-likeness (QED) is 0.133. The summed E-state index contributed by atoms with van der Waals surface area (Å²) >= 11 is 1.39. The molecule has 0 aliphatic carbocycles. The molecule has 7 heteroatoms. The van der Waals surface area contributed by atoms with Gasteiger partial charge in [-0.1, -0.05) is 68.4 Å². The standard InChI is InChI=1S/C25H41NO5S/c1-4-5-6-7-8-9-10-11-12-13-14-15-18-23(32-20-21(26)25(29)31-3)22(27)17-16-19-24(28)30-2/h8-9,11-15,18,21-23,27H,4-7,10,16-17,19-20,26H2,1-3H3/b9-8-,12-11-,14-13+,18-15+/t21-,22-,23+/m0/s1. The van der Waals surface area contributed by atoms with Crippen LogP contribution in [0.1, 0.15) is 58.3 Å². The number of nitrogens with two attached hydrogens (primary N) is 1. The van der Waals surface area contributed by atoms with Crippen molar-refractivity contribution < 1.29 is 24.2 Å². The van der Waals surface area contributed by atoms with Crippen molar-refractivity contribution in [2.75, 3.05) is 20.0 Å². The number of unbranched alkanes of at least 4 members (excludes halogenated alkanes) is 3. The van der Waals surface area contributed by atoms with Crippen LogP contribution in [0.4, 0.5) is 0 Å². The zero-order valence-electron chi connectivity index (χ0n) is 19.8.